The molecule has 1 fully saturated rings. The molecule has 0 atom stereocenters. The number of hydrogen-bond donors (Lipinski definition) is 2. The molecule has 0 saturated carbocycles. The van der Waals surface area contributed by atoms with Crippen LogP contribution < -0.4 is 16.2 Å². The average molecular weight is 473 g/mol. The number of H-pyrrole nitrogens is 1. The van der Waals surface area contributed by atoms with Crippen molar-refractivity contribution in [3.8, 4) is 22.3 Å². The number of hydrogen-bond acceptors (Lipinski definition) is 6. The van der Waals surface area contributed by atoms with Gasteiger partial charge in [0.2, 0.25) is 5.95 Å². The van der Waals surface area contributed by atoms with Crippen molar-refractivity contribution in [3.63, 3.8) is 0 Å². The Kier molecular flexibility index (Phi) is 5.98. The number of pyridine rings is 1. The van der Waals surface area contributed by atoms with Crippen LogP contribution in [0.25, 0.3) is 33.2 Å². The highest BCUT2D eigenvalue weighted by Gasteiger charge is 2.20. The number of nitrogens with one attached hydrogen (secondary N) is 1. The van der Waals surface area contributed by atoms with Gasteiger partial charge >= 0.3 is 0 Å². The fourth-order valence-electron chi connectivity index (χ4n) is 4.78. The maximum Gasteiger partial charge on any atom is 0.258 e. The van der Waals surface area contributed by atoms with Gasteiger partial charge in [-0.15, -0.1) is 0 Å². The number of nitrogen functional groups attached to an aromatic ring is 1. The summed E-state index contributed by atoms with van der Waals surface area (Å²) in [4.78, 5) is 27.8. The lowest BCUT2D eigenvalue weighted by molar-refractivity contribution is 0.209. The molecular formula is C27H29FN6O. The molecule has 0 unspecified atom stereocenters. The third-order valence-electron chi connectivity index (χ3n) is 6.87. The maximum atomic E-state index is 14.9. The molecule has 3 N–H and O–H groups in total. The molecule has 0 amide bonds. The van der Waals surface area contributed by atoms with Crippen molar-refractivity contribution in [2.45, 2.75) is 26.8 Å². The first-order valence-corrected chi connectivity index (χ1v) is 11.9. The van der Waals surface area contributed by atoms with E-state index in [1.54, 1.807) is 18.2 Å². The molecule has 1 saturated heterocycles. The fourth-order valence-corrected chi connectivity index (χ4v) is 4.78. The van der Waals surface area contributed by atoms with E-state index in [1.165, 1.54) is 6.33 Å². The van der Waals surface area contributed by atoms with Gasteiger partial charge in [-0.2, -0.15) is 4.39 Å². The van der Waals surface area contributed by atoms with Crippen LogP contribution in [0.4, 0.5) is 15.9 Å². The van der Waals surface area contributed by atoms with E-state index in [1.807, 2.05) is 31.2 Å². The van der Waals surface area contributed by atoms with E-state index in [0.717, 1.165) is 48.6 Å². The van der Waals surface area contributed by atoms with E-state index in [4.69, 9.17) is 5.73 Å². The zero-order valence-electron chi connectivity index (χ0n) is 20.2. The summed E-state index contributed by atoms with van der Waals surface area (Å²) in [6, 6.07) is 13.8. The molecule has 1 aliphatic heterocycles. The smallest absolute Gasteiger partial charge is 0.258 e. The third kappa shape index (κ3) is 4.37. The number of rotatable bonds is 4. The SMILES string of the molecule is Cc1cc2c(=O)[nH]cnc2cc1-c1cc(-c2ccc(N3CCN(C(C)C)CC3)cc2)c(F)nc1N. The summed E-state index contributed by atoms with van der Waals surface area (Å²) in [5, 5.41) is 0.493. The zero-order chi connectivity index (χ0) is 24.7. The third-order valence-corrected chi connectivity index (χ3v) is 6.87. The Morgan fingerprint density at radius 3 is 2.40 bits per heavy atom. The van der Waals surface area contributed by atoms with Gasteiger partial charge < -0.3 is 15.6 Å². The number of aryl methyl sites for hydroxylation is 1. The number of nitrogens with two attached hydrogens (primary N) is 1. The molecule has 35 heavy (non-hydrogen) atoms. The van der Waals surface area contributed by atoms with Gasteiger partial charge in [-0.25, -0.2) is 9.97 Å². The minimum absolute atomic E-state index is 0.0955. The van der Waals surface area contributed by atoms with E-state index in [9.17, 15) is 9.18 Å². The standard InChI is InChI=1S/C27H29FN6O/c1-16(2)33-8-10-34(11-9-33)19-6-4-18(5-7-19)21-13-22(26(29)32-25(21)28)20-14-24-23(12-17(20)3)27(35)31-15-30-24/h4-7,12-16H,8-11H2,1-3H3,(H2,29,32)(H,30,31,35). The van der Waals surface area contributed by atoms with Crippen molar-refractivity contribution in [3.05, 3.63) is 70.7 Å². The molecule has 8 heteroatoms. The number of halogens is 1. The fraction of sp³-hybridized carbons (Fsp3) is 0.296. The molecule has 5 rings (SSSR count). The lowest BCUT2D eigenvalue weighted by Gasteiger charge is -2.38. The van der Waals surface area contributed by atoms with Crippen LogP contribution in [0.5, 0.6) is 0 Å². The van der Waals surface area contributed by atoms with Crippen molar-refractivity contribution >= 4 is 22.4 Å². The first-order chi connectivity index (χ1) is 16.8. The monoisotopic (exact) mass is 472 g/mol. The first-order valence-electron chi connectivity index (χ1n) is 11.9. The van der Waals surface area contributed by atoms with Gasteiger partial charge in [0.25, 0.3) is 5.56 Å². The Morgan fingerprint density at radius 1 is 1.00 bits per heavy atom. The zero-order valence-corrected chi connectivity index (χ0v) is 20.2. The Balaban J connectivity index is 1.48. The van der Waals surface area contributed by atoms with Gasteiger partial charge in [0.05, 0.1) is 17.2 Å². The van der Waals surface area contributed by atoms with Gasteiger partial charge in [-0.05, 0) is 67.8 Å². The molecule has 4 aromatic rings. The Bertz CT molecular complexity index is 1440. The second kappa shape index (κ2) is 9.11. The lowest BCUT2D eigenvalue weighted by atomic mass is 9.96. The summed E-state index contributed by atoms with van der Waals surface area (Å²) < 4.78 is 14.9. The van der Waals surface area contributed by atoms with Gasteiger partial charge in [-0.3, -0.25) is 9.69 Å². The van der Waals surface area contributed by atoms with Crippen LogP contribution in [0, 0.1) is 12.9 Å². The summed E-state index contributed by atoms with van der Waals surface area (Å²) in [6.45, 7) is 10.3. The van der Waals surface area contributed by atoms with Gasteiger partial charge in [0.15, 0.2) is 0 Å². The van der Waals surface area contributed by atoms with E-state index in [-0.39, 0.29) is 11.4 Å². The van der Waals surface area contributed by atoms with Crippen LogP contribution in [-0.2, 0) is 0 Å². The normalized spacial score (nSPS) is 14.7. The number of fused-ring (bicyclic) bond motifs is 1. The summed E-state index contributed by atoms with van der Waals surface area (Å²) >= 11 is 0. The number of aromatic nitrogens is 3. The van der Waals surface area contributed by atoms with Gasteiger partial charge in [-0.1, -0.05) is 12.1 Å². The van der Waals surface area contributed by atoms with E-state index < -0.39 is 5.95 Å². The minimum atomic E-state index is -0.613. The summed E-state index contributed by atoms with van der Waals surface area (Å²) in [5.74, 6) is -0.518. The molecule has 0 aliphatic carbocycles. The van der Waals surface area contributed by atoms with Crippen LogP contribution in [0.15, 0.2) is 53.6 Å². The minimum Gasteiger partial charge on any atom is -0.383 e. The molecule has 1 aliphatic rings. The molecule has 0 radical (unpaired) electrons. The van der Waals surface area contributed by atoms with Crippen molar-refractivity contribution in [2.75, 3.05) is 36.8 Å². The number of benzene rings is 2. The maximum absolute atomic E-state index is 14.9. The van der Waals surface area contributed by atoms with Crippen LogP contribution in [0.3, 0.4) is 0 Å². The summed E-state index contributed by atoms with van der Waals surface area (Å²) in [7, 11) is 0. The Labute approximate surface area is 203 Å². The van der Waals surface area contributed by atoms with Crippen molar-refractivity contribution < 1.29 is 4.39 Å². The number of piperazine rings is 1. The van der Waals surface area contributed by atoms with E-state index in [0.29, 0.717) is 28.1 Å². The topological polar surface area (TPSA) is 91.1 Å². The average Bonchev–Trinajstić information content (AvgIpc) is 2.85. The lowest BCUT2D eigenvalue weighted by Crippen LogP contribution is -2.48. The summed E-state index contributed by atoms with van der Waals surface area (Å²) in [5.41, 5.74) is 10.9. The van der Waals surface area contributed by atoms with Gasteiger partial charge in [0, 0.05) is 49.0 Å². The van der Waals surface area contributed by atoms with E-state index >= 15 is 0 Å². The molecule has 0 spiro atoms. The second-order valence-corrected chi connectivity index (χ2v) is 9.34. The second-order valence-electron chi connectivity index (χ2n) is 9.34. The molecule has 2 aromatic heterocycles. The molecule has 2 aromatic carbocycles. The molecule has 0 bridgehead atoms. The highest BCUT2D eigenvalue weighted by Crippen LogP contribution is 2.35. The molecule has 7 nitrogen and oxygen atoms in total. The summed E-state index contributed by atoms with van der Waals surface area (Å²) in [6.07, 6.45) is 1.37. The van der Waals surface area contributed by atoms with Crippen molar-refractivity contribution in [2.24, 2.45) is 0 Å². The van der Waals surface area contributed by atoms with Crippen molar-refractivity contribution in [1.82, 2.24) is 19.9 Å². The molecular weight excluding hydrogens is 443 g/mol. The van der Waals surface area contributed by atoms with Crippen LogP contribution in [0.1, 0.15) is 19.4 Å². The number of aromatic amines is 1. The first kappa shape index (κ1) is 23.0. The number of nitrogens with zero attached hydrogens (tertiary/aromatic N) is 4. The van der Waals surface area contributed by atoms with Crippen LogP contribution >= 0.6 is 0 Å². The largest absolute Gasteiger partial charge is 0.383 e. The Morgan fingerprint density at radius 2 is 1.71 bits per heavy atom. The van der Waals surface area contributed by atoms with Crippen molar-refractivity contribution in [1.29, 1.82) is 0 Å². The molecule has 180 valence electrons. The predicted octanol–water partition coefficient (Wildman–Crippen LogP) is 4.21. The van der Waals surface area contributed by atoms with Crippen LogP contribution in [-0.4, -0.2) is 52.1 Å². The quantitative estimate of drug-likeness (QED) is 0.433. The van der Waals surface area contributed by atoms with E-state index in [2.05, 4.69) is 38.6 Å². The Hall–Kier alpha value is -3.78. The van der Waals surface area contributed by atoms with Gasteiger partial charge in [0.1, 0.15) is 5.82 Å². The predicted molar refractivity (Wildman–Crippen MR) is 139 cm³/mol. The highest BCUT2D eigenvalue weighted by molar-refractivity contribution is 5.89. The highest BCUT2D eigenvalue weighted by atomic mass is 19.1. The number of anilines is 2. The van der Waals surface area contributed by atoms with Crippen LogP contribution in [0.2, 0.25) is 0 Å². The molecule has 3 heterocycles.